The van der Waals surface area contributed by atoms with E-state index in [9.17, 15) is 4.79 Å². The van der Waals surface area contributed by atoms with Crippen LogP contribution >= 0.6 is 0 Å². The van der Waals surface area contributed by atoms with E-state index in [1.807, 2.05) is 30.3 Å². The number of benzene rings is 1. The van der Waals surface area contributed by atoms with Crippen LogP contribution in [-0.2, 0) is 11.2 Å². The maximum absolute atomic E-state index is 12.3. The summed E-state index contributed by atoms with van der Waals surface area (Å²) >= 11 is 0. The third kappa shape index (κ3) is 3.68. The molecular formula is C19H21N3O3. The molecule has 1 amide bonds. The highest BCUT2D eigenvalue weighted by Gasteiger charge is 2.15. The van der Waals surface area contributed by atoms with E-state index in [1.165, 1.54) is 12.8 Å². The molecule has 4 rings (SSSR count). The maximum atomic E-state index is 12.3. The number of anilines is 2. The molecule has 2 aliphatic heterocycles. The van der Waals surface area contributed by atoms with Gasteiger partial charge < -0.3 is 19.7 Å². The molecule has 0 spiro atoms. The van der Waals surface area contributed by atoms with Crippen molar-refractivity contribution in [1.29, 1.82) is 0 Å². The van der Waals surface area contributed by atoms with Gasteiger partial charge in [0, 0.05) is 13.1 Å². The van der Waals surface area contributed by atoms with Crippen molar-refractivity contribution in [3.05, 3.63) is 42.1 Å². The Morgan fingerprint density at radius 2 is 1.88 bits per heavy atom. The smallest absolute Gasteiger partial charge is 0.228 e. The van der Waals surface area contributed by atoms with Crippen LogP contribution in [0.4, 0.5) is 11.5 Å². The molecule has 0 bridgehead atoms. The van der Waals surface area contributed by atoms with Gasteiger partial charge in [-0.2, -0.15) is 0 Å². The van der Waals surface area contributed by atoms with Gasteiger partial charge in [0.2, 0.25) is 5.91 Å². The summed E-state index contributed by atoms with van der Waals surface area (Å²) in [6.07, 6.45) is 4.44. The van der Waals surface area contributed by atoms with Crippen molar-refractivity contribution in [3.8, 4) is 11.5 Å². The summed E-state index contributed by atoms with van der Waals surface area (Å²) in [5, 5.41) is 2.90. The van der Waals surface area contributed by atoms with E-state index in [1.54, 1.807) is 6.20 Å². The predicted octanol–water partition coefficient (Wildman–Crippen LogP) is 2.63. The van der Waals surface area contributed by atoms with Crippen LogP contribution in [0.15, 0.2) is 36.5 Å². The second kappa shape index (κ2) is 7.01. The fourth-order valence-electron chi connectivity index (χ4n) is 3.18. The highest BCUT2D eigenvalue weighted by Crippen LogP contribution is 2.31. The van der Waals surface area contributed by atoms with Gasteiger partial charge >= 0.3 is 0 Å². The molecule has 1 saturated heterocycles. The van der Waals surface area contributed by atoms with Crippen LogP contribution in [0.5, 0.6) is 11.5 Å². The zero-order valence-electron chi connectivity index (χ0n) is 14.0. The van der Waals surface area contributed by atoms with Crippen LogP contribution in [0.25, 0.3) is 0 Å². The molecule has 1 N–H and O–H groups in total. The molecule has 1 aromatic heterocycles. The Kier molecular flexibility index (Phi) is 4.41. The first-order valence-electron chi connectivity index (χ1n) is 8.67. The largest absolute Gasteiger partial charge is 0.486 e. The number of carbonyl (C=O) groups is 1. The fourth-order valence-corrected chi connectivity index (χ4v) is 3.18. The minimum absolute atomic E-state index is 0.0765. The van der Waals surface area contributed by atoms with Crippen LogP contribution in [0.3, 0.4) is 0 Å². The standard InChI is InChI=1S/C19H21N3O3/c23-19(12-14-3-5-16-17(11-14)25-10-9-24-16)21-15-4-6-18(20-13-15)22-7-1-2-8-22/h3-6,11,13H,1-2,7-10,12H2,(H,21,23). The van der Waals surface area contributed by atoms with Crippen molar-refractivity contribution >= 4 is 17.4 Å². The topological polar surface area (TPSA) is 63.7 Å². The number of ether oxygens (including phenoxy) is 2. The lowest BCUT2D eigenvalue weighted by Gasteiger charge is -2.18. The Hall–Kier alpha value is -2.76. The third-order valence-corrected chi connectivity index (χ3v) is 4.43. The number of rotatable bonds is 4. The number of hydrogen-bond acceptors (Lipinski definition) is 5. The Morgan fingerprint density at radius 1 is 1.08 bits per heavy atom. The van der Waals surface area contributed by atoms with Gasteiger partial charge in [0.25, 0.3) is 0 Å². The lowest BCUT2D eigenvalue weighted by molar-refractivity contribution is -0.115. The molecule has 6 nitrogen and oxygen atoms in total. The van der Waals surface area contributed by atoms with Crippen LogP contribution in [0.1, 0.15) is 18.4 Å². The molecule has 2 aromatic rings. The lowest BCUT2D eigenvalue weighted by Crippen LogP contribution is -2.19. The summed E-state index contributed by atoms with van der Waals surface area (Å²) in [7, 11) is 0. The van der Waals surface area contributed by atoms with Crippen LogP contribution < -0.4 is 19.7 Å². The Morgan fingerprint density at radius 3 is 2.64 bits per heavy atom. The molecule has 0 radical (unpaired) electrons. The van der Waals surface area contributed by atoms with Crippen LogP contribution in [0, 0.1) is 0 Å². The number of hydrogen-bond donors (Lipinski definition) is 1. The summed E-state index contributed by atoms with van der Waals surface area (Å²) in [6.45, 7) is 3.22. The number of fused-ring (bicyclic) bond motifs is 1. The summed E-state index contributed by atoms with van der Waals surface area (Å²) in [4.78, 5) is 19.0. The molecule has 2 aliphatic rings. The molecule has 0 atom stereocenters. The van der Waals surface area contributed by atoms with Crippen molar-refractivity contribution in [2.24, 2.45) is 0 Å². The summed E-state index contributed by atoms with van der Waals surface area (Å²) < 4.78 is 11.0. The predicted molar refractivity (Wildman–Crippen MR) is 95.4 cm³/mol. The fraction of sp³-hybridized carbons (Fsp3) is 0.368. The molecule has 130 valence electrons. The number of pyridine rings is 1. The van der Waals surface area contributed by atoms with Gasteiger partial charge in [0.1, 0.15) is 19.0 Å². The molecule has 0 aliphatic carbocycles. The number of aromatic nitrogens is 1. The highest BCUT2D eigenvalue weighted by molar-refractivity contribution is 5.92. The number of nitrogens with zero attached hydrogens (tertiary/aromatic N) is 2. The van der Waals surface area contributed by atoms with Gasteiger partial charge in [-0.3, -0.25) is 4.79 Å². The second-order valence-corrected chi connectivity index (χ2v) is 6.30. The summed E-state index contributed by atoms with van der Waals surface area (Å²) in [6, 6.07) is 9.47. The van der Waals surface area contributed by atoms with Crippen molar-refractivity contribution in [2.45, 2.75) is 19.3 Å². The molecule has 1 aromatic carbocycles. The van der Waals surface area contributed by atoms with E-state index < -0.39 is 0 Å². The minimum Gasteiger partial charge on any atom is -0.486 e. The highest BCUT2D eigenvalue weighted by atomic mass is 16.6. The first-order valence-corrected chi connectivity index (χ1v) is 8.67. The molecule has 0 unspecified atom stereocenters. The van der Waals surface area contributed by atoms with E-state index in [-0.39, 0.29) is 12.3 Å². The van der Waals surface area contributed by atoms with Crippen LogP contribution in [-0.4, -0.2) is 37.2 Å². The molecule has 0 saturated carbocycles. The lowest BCUT2D eigenvalue weighted by atomic mass is 10.1. The van der Waals surface area contributed by atoms with Gasteiger partial charge in [-0.1, -0.05) is 6.07 Å². The van der Waals surface area contributed by atoms with E-state index in [4.69, 9.17) is 9.47 Å². The molecule has 25 heavy (non-hydrogen) atoms. The van der Waals surface area contributed by atoms with E-state index in [0.29, 0.717) is 24.7 Å². The quantitative estimate of drug-likeness (QED) is 0.928. The molecular weight excluding hydrogens is 318 g/mol. The summed E-state index contributed by atoms with van der Waals surface area (Å²) in [5.41, 5.74) is 1.61. The Labute approximate surface area is 146 Å². The Balaban J connectivity index is 1.37. The zero-order valence-corrected chi connectivity index (χ0v) is 14.0. The molecule has 1 fully saturated rings. The Bertz CT molecular complexity index is 755. The zero-order chi connectivity index (χ0) is 17.1. The first-order chi connectivity index (χ1) is 12.3. The van der Waals surface area contributed by atoms with Crippen molar-refractivity contribution < 1.29 is 14.3 Å². The van der Waals surface area contributed by atoms with Crippen LogP contribution in [0.2, 0.25) is 0 Å². The van der Waals surface area contributed by atoms with Gasteiger partial charge in [-0.05, 0) is 42.7 Å². The normalized spacial score (nSPS) is 15.9. The second-order valence-electron chi connectivity index (χ2n) is 6.30. The number of carbonyl (C=O) groups excluding carboxylic acids is 1. The number of amides is 1. The third-order valence-electron chi connectivity index (χ3n) is 4.43. The molecule has 6 heteroatoms. The van der Waals surface area contributed by atoms with Gasteiger partial charge in [0.05, 0.1) is 18.3 Å². The maximum Gasteiger partial charge on any atom is 0.228 e. The van der Waals surface area contributed by atoms with Gasteiger partial charge in [-0.15, -0.1) is 0 Å². The average Bonchev–Trinajstić information content (AvgIpc) is 3.17. The van der Waals surface area contributed by atoms with Crippen molar-refractivity contribution in [3.63, 3.8) is 0 Å². The first kappa shape index (κ1) is 15.7. The van der Waals surface area contributed by atoms with Gasteiger partial charge in [0.15, 0.2) is 11.5 Å². The van der Waals surface area contributed by atoms with E-state index >= 15 is 0 Å². The minimum atomic E-state index is -0.0765. The van der Waals surface area contributed by atoms with E-state index in [2.05, 4.69) is 15.2 Å². The average molecular weight is 339 g/mol. The van der Waals surface area contributed by atoms with Gasteiger partial charge in [-0.25, -0.2) is 4.98 Å². The van der Waals surface area contributed by atoms with Crippen molar-refractivity contribution in [2.75, 3.05) is 36.5 Å². The monoisotopic (exact) mass is 339 g/mol. The van der Waals surface area contributed by atoms with E-state index in [0.717, 1.165) is 30.2 Å². The van der Waals surface area contributed by atoms with Crippen molar-refractivity contribution in [1.82, 2.24) is 4.98 Å². The summed E-state index contributed by atoms with van der Waals surface area (Å²) in [5.74, 6) is 2.33. The molecule has 3 heterocycles. The SMILES string of the molecule is O=C(Cc1ccc2c(c1)OCCO2)Nc1ccc(N2CCCC2)nc1. The number of nitrogens with one attached hydrogen (secondary N) is 1.